The Morgan fingerprint density at radius 1 is 1.72 bits per heavy atom. The van der Waals surface area contributed by atoms with Gasteiger partial charge in [0, 0.05) is 17.8 Å². The second kappa shape index (κ2) is 5.77. The first kappa shape index (κ1) is 13.5. The quantitative estimate of drug-likeness (QED) is 0.762. The number of hydrogen-bond acceptors (Lipinski definition) is 5. The molecule has 100 valence electrons. The van der Waals surface area contributed by atoms with Crippen LogP contribution in [-0.2, 0) is 0 Å². The van der Waals surface area contributed by atoms with Crippen LogP contribution >= 0.6 is 11.3 Å². The van der Waals surface area contributed by atoms with E-state index in [2.05, 4.69) is 10.3 Å². The molecule has 0 aromatic carbocycles. The van der Waals surface area contributed by atoms with Crippen LogP contribution in [0.1, 0.15) is 47.7 Å². The zero-order valence-electron chi connectivity index (χ0n) is 10.4. The number of aromatic nitrogens is 1. The van der Waals surface area contributed by atoms with Crippen LogP contribution in [-0.4, -0.2) is 28.6 Å². The Balaban J connectivity index is 1.87. The normalized spacial score (nSPS) is 25.1. The Bertz CT molecular complexity index is 419. The fraction of sp³-hybridized carbons (Fsp3) is 0.667. The molecule has 1 aliphatic carbocycles. The van der Waals surface area contributed by atoms with Crippen molar-refractivity contribution in [2.75, 3.05) is 6.54 Å². The van der Waals surface area contributed by atoms with E-state index in [9.17, 15) is 9.90 Å². The van der Waals surface area contributed by atoms with Crippen molar-refractivity contribution in [3.8, 4) is 0 Å². The summed E-state index contributed by atoms with van der Waals surface area (Å²) in [7, 11) is 0. The number of carbonyl (C=O) groups is 1. The van der Waals surface area contributed by atoms with E-state index in [0.717, 1.165) is 24.3 Å². The lowest BCUT2D eigenvalue weighted by Crippen LogP contribution is -2.32. The van der Waals surface area contributed by atoms with Gasteiger partial charge in [0.25, 0.3) is 5.91 Å². The molecule has 1 fully saturated rings. The van der Waals surface area contributed by atoms with E-state index in [1.54, 1.807) is 5.38 Å². The molecule has 2 rings (SSSR count). The maximum atomic E-state index is 11.9. The van der Waals surface area contributed by atoms with Crippen LogP contribution in [0.15, 0.2) is 5.38 Å². The predicted molar refractivity (Wildman–Crippen MR) is 70.4 cm³/mol. The van der Waals surface area contributed by atoms with E-state index in [4.69, 9.17) is 5.73 Å². The molecule has 1 aliphatic rings. The predicted octanol–water partition coefficient (Wildman–Crippen LogP) is 1.05. The van der Waals surface area contributed by atoms with Crippen molar-refractivity contribution in [1.29, 1.82) is 0 Å². The third-order valence-corrected chi connectivity index (χ3v) is 4.33. The molecule has 0 bridgehead atoms. The summed E-state index contributed by atoms with van der Waals surface area (Å²) >= 11 is 1.40. The Morgan fingerprint density at radius 2 is 2.50 bits per heavy atom. The van der Waals surface area contributed by atoms with Gasteiger partial charge in [0.05, 0.1) is 12.1 Å². The number of rotatable bonds is 4. The molecule has 0 spiro atoms. The van der Waals surface area contributed by atoms with Gasteiger partial charge < -0.3 is 16.2 Å². The highest BCUT2D eigenvalue weighted by Crippen LogP contribution is 2.24. The minimum atomic E-state index is -0.277. The smallest absolute Gasteiger partial charge is 0.270 e. The molecule has 6 heteroatoms. The van der Waals surface area contributed by atoms with E-state index < -0.39 is 0 Å². The molecule has 1 saturated carbocycles. The van der Waals surface area contributed by atoms with Gasteiger partial charge in [0.1, 0.15) is 10.7 Å². The van der Waals surface area contributed by atoms with Gasteiger partial charge in [-0.3, -0.25) is 4.79 Å². The van der Waals surface area contributed by atoms with Crippen molar-refractivity contribution in [2.24, 2.45) is 11.7 Å². The van der Waals surface area contributed by atoms with Gasteiger partial charge in [-0.1, -0.05) is 6.42 Å². The van der Waals surface area contributed by atoms with Crippen LogP contribution in [0.5, 0.6) is 0 Å². The average Bonchev–Trinajstić information content (AvgIpc) is 2.94. The third-order valence-electron chi connectivity index (χ3n) is 3.29. The van der Waals surface area contributed by atoms with E-state index in [1.807, 2.05) is 6.92 Å². The zero-order chi connectivity index (χ0) is 13.1. The number of thiazole rings is 1. The molecule has 1 heterocycles. The zero-order valence-corrected chi connectivity index (χ0v) is 11.2. The van der Waals surface area contributed by atoms with Crippen LogP contribution in [0.4, 0.5) is 0 Å². The average molecular weight is 269 g/mol. The van der Waals surface area contributed by atoms with Crippen LogP contribution in [0.25, 0.3) is 0 Å². The Kier molecular flexibility index (Phi) is 4.31. The van der Waals surface area contributed by atoms with E-state index >= 15 is 0 Å². The molecular weight excluding hydrogens is 250 g/mol. The Labute approximate surface area is 110 Å². The first-order valence-corrected chi connectivity index (χ1v) is 7.13. The van der Waals surface area contributed by atoms with E-state index in [1.165, 1.54) is 11.3 Å². The largest absolute Gasteiger partial charge is 0.393 e. The molecule has 4 N–H and O–H groups in total. The Morgan fingerprint density at radius 3 is 3.06 bits per heavy atom. The number of nitrogens with two attached hydrogens (primary N) is 1. The molecule has 1 aromatic rings. The first-order valence-electron chi connectivity index (χ1n) is 6.25. The lowest BCUT2D eigenvalue weighted by molar-refractivity contribution is 0.0912. The molecule has 0 aliphatic heterocycles. The summed E-state index contributed by atoms with van der Waals surface area (Å²) in [4.78, 5) is 16.0. The molecule has 18 heavy (non-hydrogen) atoms. The van der Waals surface area contributed by atoms with Crippen LogP contribution < -0.4 is 11.1 Å². The number of hydrogen-bond donors (Lipinski definition) is 3. The number of nitrogens with one attached hydrogen (secondary N) is 1. The minimum absolute atomic E-state index is 0.145. The Hall–Kier alpha value is -0.980. The molecule has 0 saturated heterocycles. The monoisotopic (exact) mass is 269 g/mol. The summed E-state index contributed by atoms with van der Waals surface area (Å²) in [6.07, 6.45) is 2.57. The molecule has 3 unspecified atom stereocenters. The van der Waals surface area contributed by atoms with Gasteiger partial charge in [-0.25, -0.2) is 4.98 Å². The molecule has 1 amide bonds. The second-order valence-electron chi connectivity index (χ2n) is 4.83. The molecule has 1 aromatic heterocycles. The minimum Gasteiger partial charge on any atom is -0.393 e. The van der Waals surface area contributed by atoms with Gasteiger partial charge in [-0.15, -0.1) is 11.3 Å². The van der Waals surface area contributed by atoms with Crippen molar-refractivity contribution < 1.29 is 9.90 Å². The van der Waals surface area contributed by atoms with Crippen LogP contribution in [0.3, 0.4) is 0 Å². The van der Waals surface area contributed by atoms with E-state index in [0.29, 0.717) is 12.2 Å². The summed E-state index contributed by atoms with van der Waals surface area (Å²) < 4.78 is 0. The number of nitrogens with zero attached hydrogens (tertiary/aromatic N) is 1. The first-order chi connectivity index (χ1) is 8.58. The molecular formula is C12H19N3O2S. The standard InChI is InChI=1S/C12H19N3O2S/c1-7(13)12-15-9(6-18-12)11(17)14-5-8-3-2-4-10(8)16/h6-8,10,16H,2-5,13H2,1H3,(H,14,17). The van der Waals surface area contributed by atoms with Crippen molar-refractivity contribution in [1.82, 2.24) is 10.3 Å². The van der Waals surface area contributed by atoms with E-state index in [-0.39, 0.29) is 24.0 Å². The van der Waals surface area contributed by atoms with Crippen molar-refractivity contribution in [2.45, 2.75) is 38.3 Å². The lowest BCUT2D eigenvalue weighted by atomic mass is 10.1. The molecule has 0 radical (unpaired) electrons. The molecule has 3 atom stereocenters. The summed E-state index contributed by atoms with van der Waals surface area (Å²) in [5.41, 5.74) is 6.12. The highest BCUT2D eigenvalue weighted by molar-refractivity contribution is 7.09. The fourth-order valence-corrected chi connectivity index (χ4v) is 2.93. The van der Waals surface area contributed by atoms with Crippen molar-refractivity contribution in [3.05, 3.63) is 16.1 Å². The highest BCUT2D eigenvalue weighted by atomic mass is 32.1. The number of carbonyl (C=O) groups excluding carboxylic acids is 1. The number of aliphatic hydroxyl groups excluding tert-OH is 1. The maximum Gasteiger partial charge on any atom is 0.270 e. The van der Waals surface area contributed by atoms with Crippen molar-refractivity contribution >= 4 is 17.2 Å². The second-order valence-corrected chi connectivity index (χ2v) is 5.72. The summed E-state index contributed by atoms with van der Waals surface area (Å²) in [6.45, 7) is 2.36. The summed E-state index contributed by atoms with van der Waals surface area (Å²) in [5, 5.41) is 15.0. The summed E-state index contributed by atoms with van der Waals surface area (Å²) in [5.74, 6) is -0.00209. The van der Waals surface area contributed by atoms with Crippen molar-refractivity contribution in [3.63, 3.8) is 0 Å². The summed E-state index contributed by atoms with van der Waals surface area (Å²) in [6, 6.07) is -0.145. The molecule has 5 nitrogen and oxygen atoms in total. The third kappa shape index (κ3) is 3.07. The van der Waals surface area contributed by atoms with Gasteiger partial charge in [-0.05, 0) is 19.8 Å². The van der Waals surface area contributed by atoms with Gasteiger partial charge in [-0.2, -0.15) is 0 Å². The van der Waals surface area contributed by atoms with Gasteiger partial charge in [0.2, 0.25) is 0 Å². The number of aliphatic hydroxyl groups is 1. The fourth-order valence-electron chi connectivity index (χ4n) is 2.17. The topological polar surface area (TPSA) is 88.2 Å². The van der Waals surface area contributed by atoms with Crippen LogP contribution in [0.2, 0.25) is 0 Å². The highest BCUT2D eigenvalue weighted by Gasteiger charge is 2.25. The lowest BCUT2D eigenvalue weighted by Gasteiger charge is -2.14. The maximum absolute atomic E-state index is 11.9. The van der Waals surface area contributed by atoms with Gasteiger partial charge in [0.15, 0.2) is 0 Å². The SMILES string of the molecule is CC(N)c1nc(C(=O)NCC2CCCC2O)cs1. The van der Waals surface area contributed by atoms with Gasteiger partial charge >= 0.3 is 0 Å². The van der Waals surface area contributed by atoms with Crippen LogP contribution in [0, 0.1) is 5.92 Å². The number of amides is 1.